The van der Waals surface area contributed by atoms with Crippen LogP contribution in [0, 0.1) is 0 Å². The number of carboxylic acids is 1. The molecule has 0 aliphatic carbocycles. The third-order valence-corrected chi connectivity index (χ3v) is 7.46. The number of hydrogen-bond acceptors (Lipinski definition) is 4. The van der Waals surface area contributed by atoms with E-state index in [2.05, 4.69) is 61.7 Å². The van der Waals surface area contributed by atoms with E-state index < -0.39 is 5.97 Å². The van der Waals surface area contributed by atoms with E-state index in [9.17, 15) is 14.4 Å². The van der Waals surface area contributed by atoms with Gasteiger partial charge in [0.25, 0.3) is 0 Å². The molecular formula is C38H65NO5. The maximum Gasteiger partial charge on any atom is 0.322 e. The second kappa shape index (κ2) is 33.3. The van der Waals surface area contributed by atoms with E-state index in [0.717, 1.165) is 77.0 Å². The molecule has 0 aliphatic heterocycles. The predicted molar refractivity (Wildman–Crippen MR) is 185 cm³/mol. The topological polar surface area (TPSA) is 92.7 Å². The van der Waals surface area contributed by atoms with E-state index >= 15 is 0 Å². The van der Waals surface area contributed by atoms with Gasteiger partial charge in [0.2, 0.25) is 5.91 Å². The molecule has 0 saturated carbocycles. The van der Waals surface area contributed by atoms with E-state index in [4.69, 9.17) is 9.84 Å². The Morgan fingerprint density at radius 2 is 1.14 bits per heavy atom. The number of ether oxygens (including phenoxy) is 1. The van der Waals surface area contributed by atoms with Gasteiger partial charge in [-0.05, 0) is 76.7 Å². The van der Waals surface area contributed by atoms with Crippen LogP contribution in [-0.4, -0.2) is 35.6 Å². The van der Waals surface area contributed by atoms with E-state index in [1.807, 2.05) is 6.08 Å². The van der Waals surface area contributed by atoms with Crippen LogP contribution in [0.5, 0.6) is 0 Å². The van der Waals surface area contributed by atoms with Gasteiger partial charge in [0.05, 0.1) is 0 Å². The van der Waals surface area contributed by atoms with Gasteiger partial charge in [0, 0.05) is 12.8 Å². The number of nitrogens with one attached hydrogen (secondary N) is 1. The van der Waals surface area contributed by atoms with Crippen molar-refractivity contribution in [2.45, 2.75) is 168 Å². The summed E-state index contributed by atoms with van der Waals surface area (Å²) in [5, 5.41) is 11.0. The molecule has 0 saturated heterocycles. The second-order valence-electron chi connectivity index (χ2n) is 11.8. The van der Waals surface area contributed by atoms with Gasteiger partial charge in [-0.15, -0.1) is 0 Å². The van der Waals surface area contributed by atoms with Crippen molar-refractivity contribution in [1.29, 1.82) is 0 Å². The average molecular weight is 616 g/mol. The van der Waals surface area contributed by atoms with Gasteiger partial charge in [-0.25, -0.2) is 0 Å². The van der Waals surface area contributed by atoms with Crippen LogP contribution in [0.15, 0.2) is 48.6 Å². The Hall–Kier alpha value is -2.63. The Labute approximate surface area is 269 Å². The number of carboxylic acid groups (broad SMARTS) is 1. The molecule has 0 heterocycles. The molecule has 0 aromatic carbocycles. The molecule has 0 radical (unpaired) electrons. The summed E-state index contributed by atoms with van der Waals surface area (Å²) in [6, 6.07) is 0. The van der Waals surface area contributed by atoms with E-state index in [1.165, 1.54) is 57.8 Å². The standard InChI is InChI=1S/C38H65NO5/c1-3-5-7-9-11-13-15-17-19-22-26-30-35(31-27-23-21-24-28-32-36(40)39-34-37(41)42)44-38(43)33-29-25-20-18-16-14-12-10-8-6-4-2/h10-13,17,19,26,30,35H,3-9,14-16,18,20-25,27-29,31-34H2,1-2H3,(H,39,40)(H,41,42)/b12-10-,13-11-,19-17-,30-26-. The van der Waals surface area contributed by atoms with Gasteiger partial charge >= 0.3 is 11.9 Å². The number of allylic oxidation sites excluding steroid dienone is 7. The van der Waals surface area contributed by atoms with Crippen molar-refractivity contribution in [3.8, 4) is 0 Å². The number of carbonyl (C=O) groups is 3. The zero-order valence-electron chi connectivity index (χ0n) is 28.2. The highest BCUT2D eigenvalue weighted by molar-refractivity contribution is 5.80. The van der Waals surface area contributed by atoms with E-state index in [1.54, 1.807) is 0 Å². The molecule has 1 amide bonds. The number of esters is 1. The number of unbranched alkanes of at least 4 members (excludes halogenated alkanes) is 14. The lowest BCUT2D eigenvalue weighted by molar-refractivity contribution is -0.147. The van der Waals surface area contributed by atoms with Crippen molar-refractivity contribution in [2.24, 2.45) is 0 Å². The zero-order valence-corrected chi connectivity index (χ0v) is 28.2. The largest absolute Gasteiger partial charge is 0.480 e. The normalized spacial score (nSPS) is 12.6. The van der Waals surface area contributed by atoms with Gasteiger partial charge in [-0.3, -0.25) is 14.4 Å². The van der Waals surface area contributed by atoms with Gasteiger partial charge in [-0.2, -0.15) is 0 Å². The van der Waals surface area contributed by atoms with Crippen LogP contribution >= 0.6 is 0 Å². The molecule has 44 heavy (non-hydrogen) atoms. The average Bonchev–Trinajstić information content (AvgIpc) is 3.00. The Bertz CT molecular complexity index is 814. The van der Waals surface area contributed by atoms with Crippen LogP contribution in [0.1, 0.15) is 162 Å². The number of rotatable bonds is 31. The lowest BCUT2D eigenvalue weighted by Gasteiger charge is -2.14. The van der Waals surface area contributed by atoms with Gasteiger partial charge in [0.15, 0.2) is 0 Å². The summed E-state index contributed by atoms with van der Waals surface area (Å²) in [7, 11) is 0. The quantitative estimate of drug-likeness (QED) is 0.0460. The molecule has 0 aromatic heterocycles. The first kappa shape index (κ1) is 41.4. The number of aliphatic carboxylic acids is 1. The van der Waals surface area contributed by atoms with Crippen LogP contribution in [0.25, 0.3) is 0 Å². The lowest BCUT2D eigenvalue weighted by Crippen LogP contribution is -2.28. The minimum absolute atomic E-state index is 0.102. The molecule has 0 aliphatic rings. The van der Waals surface area contributed by atoms with Crippen molar-refractivity contribution >= 4 is 17.8 Å². The third-order valence-electron chi connectivity index (χ3n) is 7.46. The van der Waals surface area contributed by atoms with Gasteiger partial charge < -0.3 is 15.2 Å². The number of amides is 1. The minimum Gasteiger partial charge on any atom is -0.480 e. The second-order valence-corrected chi connectivity index (χ2v) is 11.8. The Kier molecular flexibility index (Phi) is 31.3. The Balaban J connectivity index is 4.37. The fourth-order valence-electron chi connectivity index (χ4n) is 4.77. The molecule has 1 unspecified atom stereocenters. The molecule has 6 heteroatoms. The summed E-state index contributed by atoms with van der Waals surface area (Å²) in [5.41, 5.74) is 0. The highest BCUT2D eigenvalue weighted by atomic mass is 16.5. The molecule has 0 rings (SSSR count). The summed E-state index contributed by atoms with van der Waals surface area (Å²) < 4.78 is 5.87. The molecule has 0 bridgehead atoms. The molecule has 252 valence electrons. The van der Waals surface area contributed by atoms with Gasteiger partial charge in [-0.1, -0.05) is 121 Å². The lowest BCUT2D eigenvalue weighted by atomic mass is 10.1. The molecule has 0 aromatic rings. The summed E-state index contributed by atoms with van der Waals surface area (Å²) in [4.78, 5) is 34.7. The predicted octanol–water partition coefficient (Wildman–Crippen LogP) is 10.3. The fraction of sp³-hybridized carbons (Fsp3) is 0.711. The van der Waals surface area contributed by atoms with Crippen molar-refractivity contribution in [1.82, 2.24) is 5.32 Å². The molecule has 6 nitrogen and oxygen atoms in total. The van der Waals surface area contributed by atoms with Crippen molar-refractivity contribution in [3.05, 3.63) is 48.6 Å². The molecular weight excluding hydrogens is 550 g/mol. The highest BCUT2D eigenvalue weighted by Gasteiger charge is 2.11. The SMILES string of the molecule is CCCC/C=C\CCCCCCCC(=O)OC(/C=C\C/C=C\C/C=C\CCCCC)CCCCCCCC(=O)NCC(=O)O. The van der Waals surface area contributed by atoms with Crippen molar-refractivity contribution in [2.75, 3.05) is 6.54 Å². The third kappa shape index (κ3) is 32.3. The molecule has 2 N–H and O–H groups in total. The van der Waals surface area contributed by atoms with Crippen LogP contribution in [0.4, 0.5) is 0 Å². The summed E-state index contributed by atoms with van der Waals surface area (Å²) in [6.07, 6.45) is 40.9. The van der Waals surface area contributed by atoms with Crippen LogP contribution in [0.2, 0.25) is 0 Å². The number of hydrogen-bond donors (Lipinski definition) is 2. The minimum atomic E-state index is -1.03. The number of carbonyl (C=O) groups excluding carboxylic acids is 2. The smallest absolute Gasteiger partial charge is 0.322 e. The summed E-state index contributed by atoms with van der Waals surface area (Å²) in [5.74, 6) is -1.34. The summed E-state index contributed by atoms with van der Waals surface area (Å²) in [6.45, 7) is 4.12. The monoisotopic (exact) mass is 615 g/mol. The first-order valence-electron chi connectivity index (χ1n) is 17.8. The van der Waals surface area contributed by atoms with Crippen molar-refractivity contribution < 1.29 is 24.2 Å². The maximum atomic E-state index is 12.6. The van der Waals surface area contributed by atoms with Crippen LogP contribution < -0.4 is 5.32 Å². The molecule has 0 spiro atoms. The van der Waals surface area contributed by atoms with Gasteiger partial charge in [0.1, 0.15) is 12.6 Å². The van der Waals surface area contributed by atoms with Crippen LogP contribution in [0.3, 0.4) is 0 Å². The van der Waals surface area contributed by atoms with Crippen LogP contribution in [-0.2, 0) is 19.1 Å². The zero-order chi connectivity index (χ0) is 32.4. The van der Waals surface area contributed by atoms with E-state index in [-0.39, 0.29) is 24.5 Å². The Morgan fingerprint density at radius 3 is 1.82 bits per heavy atom. The Morgan fingerprint density at radius 1 is 0.614 bits per heavy atom. The van der Waals surface area contributed by atoms with Crippen molar-refractivity contribution in [3.63, 3.8) is 0 Å². The molecule has 0 fully saturated rings. The highest BCUT2D eigenvalue weighted by Crippen LogP contribution is 2.14. The maximum absolute atomic E-state index is 12.6. The fourth-order valence-corrected chi connectivity index (χ4v) is 4.77. The molecule has 1 atom stereocenters. The summed E-state index contributed by atoms with van der Waals surface area (Å²) >= 11 is 0. The van der Waals surface area contributed by atoms with E-state index in [0.29, 0.717) is 12.8 Å². The first-order chi connectivity index (χ1) is 21.5. The first-order valence-corrected chi connectivity index (χ1v) is 17.8.